The summed E-state index contributed by atoms with van der Waals surface area (Å²) < 4.78 is 3.33. The highest BCUT2D eigenvalue weighted by atomic mass is 16.4. The summed E-state index contributed by atoms with van der Waals surface area (Å²) in [6.45, 7) is 0. The molecule has 0 spiro atoms. The lowest BCUT2D eigenvalue weighted by Crippen LogP contribution is -2.52. The number of carboxylic acid groups (broad SMARTS) is 2. The number of nitrogens with zero attached hydrogens (tertiary/aromatic N) is 3. The van der Waals surface area contributed by atoms with Crippen molar-refractivity contribution in [2.45, 2.75) is 6.29 Å². The first-order valence-electron chi connectivity index (χ1n) is 5.21. The molecule has 0 aliphatic rings. The molecule has 0 saturated heterocycles. The number of fused-ring (bicyclic) bond motifs is 1. The van der Waals surface area contributed by atoms with Crippen LogP contribution >= 0.6 is 0 Å². The standard InChI is InChI=1S/C9H12N6O4/c1-14-2-3-15-6(14)5(4-10-15)11-7(12-8(16)17)13-9(18)19/h2-4,7,11-13H,1H3,(H,16,17)(H,18,19). The fourth-order valence-electron chi connectivity index (χ4n) is 1.66. The highest BCUT2D eigenvalue weighted by Gasteiger charge is 2.16. The van der Waals surface area contributed by atoms with Crippen molar-refractivity contribution in [3.63, 3.8) is 0 Å². The van der Waals surface area contributed by atoms with Crippen molar-refractivity contribution in [1.29, 1.82) is 0 Å². The summed E-state index contributed by atoms with van der Waals surface area (Å²) in [5.74, 6) is 0. The third-order valence-corrected chi connectivity index (χ3v) is 2.37. The van der Waals surface area contributed by atoms with Gasteiger partial charge in [0.05, 0.1) is 6.20 Å². The molecular formula is C9H12N6O4. The van der Waals surface area contributed by atoms with Crippen LogP contribution in [-0.2, 0) is 7.05 Å². The molecule has 10 nitrogen and oxygen atoms in total. The van der Waals surface area contributed by atoms with Crippen molar-refractivity contribution in [1.82, 2.24) is 24.8 Å². The van der Waals surface area contributed by atoms with Gasteiger partial charge in [0.2, 0.25) is 0 Å². The van der Waals surface area contributed by atoms with Crippen molar-refractivity contribution in [2.24, 2.45) is 7.05 Å². The second kappa shape index (κ2) is 4.76. The number of amides is 2. The average molecular weight is 268 g/mol. The lowest BCUT2D eigenvalue weighted by atomic mass is 10.5. The summed E-state index contributed by atoms with van der Waals surface area (Å²) in [5.41, 5.74) is 1.16. The van der Waals surface area contributed by atoms with Crippen molar-refractivity contribution < 1.29 is 19.8 Å². The van der Waals surface area contributed by atoms with Crippen LogP contribution < -0.4 is 16.0 Å². The highest BCUT2D eigenvalue weighted by molar-refractivity contribution is 5.72. The van der Waals surface area contributed by atoms with Gasteiger partial charge in [-0.15, -0.1) is 0 Å². The molecule has 0 atom stereocenters. The molecule has 0 radical (unpaired) electrons. The smallest absolute Gasteiger partial charge is 0.407 e. The molecule has 0 aliphatic carbocycles. The Kier molecular flexibility index (Phi) is 3.14. The molecule has 2 aromatic rings. The van der Waals surface area contributed by atoms with E-state index in [4.69, 9.17) is 10.2 Å². The van der Waals surface area contributed by atoms with Gasteiger partial charge in [-0.3, -0.25) is 10.6 Å². The Bertz CT molecular complexity index is 601. The van der Waals surface area contributed by atoms with E-state index in [0.29, 0.717) is 11.3 Å². The van der Waals surface area contributed by atoms with Crippen LogP contribution in [0.5, 0.6) is 0 Å². The van der Waals surface area contributed by atoms with Crippen LogP contribution in [0.15, 0.2) is 18.6 Å². The molecule has 5 N–H and O–H groups in total. The van der Waals surface area contributed by atoms with E-state index in [2.05, 4.69) is 10.4 Å². The Balaban J connectivity index is 2.22. The minimum atomic E-state index is -1.36. The normalized spacial score (nSPS) is 10.6. The van der Waals surface area contributed by atoms with Crippen LogP contribution in [0.3, 0.4) is 0 Å². The van der Waals surface area contributed by atoms with Crippen LogP contribution in [-0.4, -0.2) is 42.9 Å². The Labute approximate surface area is 106 Å². The minimum absolute atomic E-state index is 0.486. The Hall–Kier alpha value is -2.91. The van der Waals surface area contributed by atoms with E-state index in [1.54, 1.807) is 28.5 Å². The quantitative estimate of drug-likeness (QED) is 0.492. The Morgan fingerprint density at radius 3 is 2.47 bits per heavy atom. The molecule has 10 heteroatoms. The number of hydrogen-bond acceptors (Lipinski definition) is 4. The number of anilines is 1. The Morgan fingerprint density at radius 1 is 1.26 bits per heavy atom. The van der Waals surface area contributed by atoms with Gasteiger partial charge in [0, 0.05) is 19.4 Å². The van der Waals surface area contributed by atoms with Gasteiger partial charge in [-0.25, -0.2) is 14.1 Å². The second-order valence-electron chi connectivity index (χ2n) is 3.71. The van der Waals surface area contributed by atoms with Crippen LogP contribution in [0.25, 0.3) is 5.65 Å². The summed E-state index contributed by atoms with van der Waals surface area (Å²) in [5, 5.41) is 28.0. The SMILES string of the molecule is Cn1ccn2ncc(NC(NC(=O)O)NC(=O)O)c12. The first-order valence-corrected chi connectivity index (χ1v) is 5.21. The predicted octanol–water partition coefficient (Wildman–Crippen LogP) is -0.0965. The molecule has 0 fully saturated rings. The zero-order valence-corrected chi connectivity index (χ0v) is 9.86. The molecule has 2 aromatic heterocycles. The topological polar surface area (TPSA) is 133 Å². The van der Waals surface area contributed by atoms with Gasteiger partial charge in [-0.1, -0.05) is 0 Å². The van der Waals surface area contributed by atoms with E-state index >= 15 is 0 Å². The maximum absolute atomic E-state index is 10.6. The number of aryl methyl sites for hydroxylation is 1. The molecule has 2 heterocycles. The van der Waals surface area contributed by atoms with E-state index in [1.807, 2.05) is 10.6 Å². The van der Waals surface area contributed by atoms with E-state index in [-0.39, 0.29) is 0 Å². The predicted molar refractivity (Wildman–Crippen MR) is 63.9 cm³/mol. The monoisotopic (exact) mass is 268 g/mol. The summed E-state index contributed by atoms with van der Waals surface area (Å²) in [7, 11) is 1.78. The van der Waals surface area contributed by atoms with E-state index in [9.17, 15) is 9.59 Å². The van der Waals surface area contributed by atoms with Crippen LogP contribution in [0.1, 0.15) is 0 Å². The maximum Gasteiger partial charge on any atom is 0.407 e. The molecule has 0 unspecified atom stereocenters. The fraction of sp³-hybridized carbons (Fsp3) is 0.222. The van der Waals surface area contributed by atoms with Gasteiger partial charge in [0.25, 0.3) is 0 Å². The maximum atomic E-state index is 10.6. The first-order chi connectivity index (χ1) is 8.97. The number of carbonyl (C=O) groups is 2. The summed E-state index contributed by atoms with van der Waals surface area (Å²) in [6.07, 6.45) is 1.04. The molecule has 0 saturated carbocycles. The van der Waals surface area contributed by atoms with Crippen molar-refractivity contribution in [3.05, 3.63) is 18.6 Å². The Morgan fingerprint density at radius 2 is 1.89 bits per heavy atom. The van der Waals surface area contributed by atoms with Gasteiger partial charge in [-0.05, 0) is 0 Å². The van der Waals surface area contributed by atoms with Crippen LogP contribution in [0.4, 0.5) is 15.3 Å². The summed E-state index contributed by atoms with van der Waals surface area (Å²) >= 11 is 0. The van der Waals surface area contributed by atoms with E-state index in [1.165, 1.54) is 6.20 Å². The molecule has 0 aliphatic heterocycles. The number of imidazole rings is 1. The third-order valence-electron chi connectivity index (χ3n) is 2.37. The van der Waals surface area contributed by atoms with Crippen LogP contribution in [0.2, 0.25) is 0 Å². The summed E-state index contributed by atoms with van der Waals surface area (Å²) in [4.78, 5) is 21.2. The molecule has 19 heavy (non-hydrogen) atoms. The second-order valence-corrected chi connectivity index (χ2v) is 3.71. The lowest BCUT2D eigenvalue weighted by Gasteiger charge is -2.18. The van der Waals surface area contributed by atoms with Crippen molar-refractivity contribution >= 4 is 23.5 Å². The van der Waals surface area contributed by atoms with Crippen molar-refractivity contribution in [3.8, 4) is 0 Å². The minimum Gasteiger partial charge on any atom is -0.465 e. The molecule has 2 rings (SSSR count). The first kappa shape index (κ1) is 12.5. The molecule has 0 bridgehead atoms. The molecule has 0 aromatic carbocycles. The van der Waals surface area contributed by atoms with E-state index < -0.39 is 18.5 Å². The van der Waals surface area contributed by atoms with Crippen LogP contribution in [0, 0.1) is 0 Å². The number of hydrogen-bond donors (Lipinski definition) is 5. The van der Waals surface area contributed by atoms with Gasteiger partial charge in [0.1, 0.15) is 5.69 Å². The van der Waals surface area contributed by atoms with Gasteiger partial charge in [-0.2, -0.15) is 5.10 Å². The largest absolute Gasteiger partial charge is 0.465 e. The zero-order valence-electron chi connectivity index (χ0n) is 9.86. The van der Waals surface area contributed by atoms with Gasteiger partial charge >= 0.3 is 12.2 Å². The fourth-order valence-corrected chi connectivity index (χ4v) is 1.66. The number of nitrogens with one attached hydrogen (secondary N) is 3. The zero-order chi connectivity index (χ0) is 14.0. The highest BCUT2D eigenvalue weighted by Crippen LogP contribution is 2.16. The average Bonchev–Trinajstić information content (AvgIpc) is 2.82. The summed E-state index contributed by atoms with van der Waals surface area (Å²) in [6, 6.07) is 0. The molecule has 2 amide bonds. The van der Waals surface area contributed by atoms with Gasteiger partial charge < -0.3 is 20.1 Å². The lowest BCUT2D eigenvalue weighted by molar-refractivity contribution is 0.179. The van der Waals surface area contributed by atoms with Gasteiger partial charge in [0.15, 0.2) is 11.9 Å². The number of rotatable bonds is 4. The van der Waals surface area contributed by atoms with Crippen molar-refractivity contribution in [2.75, 3.05) is 5.32 Å². The van der Waals surface area contributed by atoms with E-state index in [0.717, 1.165) is 0 Å². The molecule has 102 valence electrons. The number of aromatic nitrogens is 3. The third kappa shape index (κ3) is 2.68. The molecular weight excluding hydrogens is 256 g/mol.